The zero-order chi connectivity index (χ0) is 14.8. The van der Waals surface area contributed by atoms with Crippen molar-refractivity contribution in [3.8, 4) is 0 Å². The van der Waals surface area contributed by atoms with Crippen LogP contribution in [-0.4, -0.2) is 53.0 Å². The zero-order valence-corrected chi connectivity index (χ0v) is 13.2. The number of likely N-dealkylation sites (N-methyl/N-ethyl adjacent to an activating group) is 1. The normalized spacial score (nSPS) is 20.4. The second kappa shape index (κ2) is 6.11. The predicted octanol–water partition coefficient (Wildman–Crippen LogP) is 1.13. The molecule has 112 valence electrons. The van der Waals surface area contributed by atoms with Crippen molar-refractivity contribution in [1.82, 2.24) is 9.62 Å². The Morgan fingerprint density at radius 3 is 2.65 bits per heavy atom. The standard InChI is InChI=1S/C14H23N3O2S/c1-15-12-7-6-10-17(11-12)13-8-4-5-9-14(13)20(18,19)16(2)3/h4-5,8-9,12,15H,6-7,10-11H2,1-3H3. The number of hydrogen-bond acceptors (Lipinski definition) is 4. The highest BCUT2D eigenvalue weighted by Crippen LogP contribution is 2.29. The number of rotatable bonds is 4. The summed E-state index contributed by atoms with van der Waals surface area (Å²) < 4.78 is 26.1. The van der Waals surface area contributed by atoms with E-state index in [0.717, 1.165) is 31.6 Å². The van der Waals surface area contributed by atoms with E-state index >= 15 is 0 Å². The van der Waals surface area contributed by atoms with Gasteiger partial charge in [-0.15, -0.1) is 0 Å². The smallest absolute Gasteiger partial charge is 0.244 e. The van der Waals surface area contributed by atoms with Gasteiger partial charge in [-0.1, -0.05) is 12.1 Å². The van der Waals surface area contributed by atoms with Crippen molar-refractivity contribution in [1.29, 1.82) is 0 Å². The highest BCUT2D eigenvalue weighted by molar-refractivity contribution is 7.89. The van der Waals surface area contributed by atoms with Crippen molar-refractivity contribution in [3.05, 3.63) is 24.3 Å². The number of hydrogen-bond donors (Lipinski definition) is 1. The molecule has 2 rings (SSSR count). The lowest BCUT2D eigenvalue weighted by Crippen LogP contribution is -2.45. The Labute approximate surface area is 121 Å². The van der Waals surface area contributed by atoms with Crippen LogP contribution in [0, 0.1) is 0 Å². The summed E-state index contributed by atoms with van der Waals surface area (Å²) in [6.07, 6.45) is 2.21. The van der Waals surface area contributed by atoms with Crippen LogP contribution in [-0.2, 0) is 10.0 Å². The van der Waals surface area contributed by atoms with Crippen molar-refractivity contribution in [2.45, 2.75) is 23.8 Å². The van der Waals surface area contributed by atoms with E-state index in [-0.39, 0.29) is 0 Å². The zero-order valence-electron chi connectivity index (χ0n) is 12.3. The Morgan fingerprint density at radius 1 is 1.30 bits per heavy atom. The summed E-state index contributed by atoms with van der Waals surface area (Å²) in [7, 11) is 1.68. The van der Waals surface area contributed by atoms with Gasteiger partial charge in [-0.25, -0.2) is 12.7 Å². The summed E-state index contributed by atoms with van der Waals surface area (Å²) in [4.78, 5) is 2.56. The number of nitrogens with zero attached hydrogens (tertiary/aromatic N) is 2. The van der Waals surface area contributed by atoms with E-state index in [4.69, 9.17) is 0 Å². The van der Waals surface area contributed by atoms with Gasteiger partial charge in [0.05, 0.1) is 5.69 Å². The molecular formula is C14H23N3O2S. The van der Waals surface area contributed by atoms with Gasteiger partial charge in [0.1, 0.15) is 4.90 Å². The first-order valence-corrected chi connectivity index (χ1v) is 8.34. The third-order valence-corrected chi connectivity index (χ3v) is 5.66. The van der Waals surface area contributed by atoms with Gasteiger partial charge >= 0.3 is 0 Å². The summed E-state index contributed by atoms with van der Waals surface area (Å²) in [5.74, 6) is 0. The van der Waals surface area contributed by atoms with E-state index in [1.807, 2.05) is 19.2 Å². The Morgan fingerprint density at radius 2 is 2.00 bits per heavy atom. The largest absolute Gasteiger partial charge is 0.369 e. The first-order chi connectivity index (χ1) is 9.46. The minimum Gasteiger partial charge on any atom is -0.369 e. The molecule has 1 aromatic carbocycles. The van der Waals surface area contributed by atoms with Gasteiger partial charge in [-0.2, -0.15) is 0 Å². The molecule has 0 amide bonds. The van der Waals surface area contributed by atoms with Gasteiger partial charge in [0.25, 0.3) is 0 Å². The number of nitrogens with one attached hydrogen (secondary N) is 1. The number of para-hydroxylation sites is 1. The monoisotopic (exact) mass is 297 g/mol. The van der Waals surface area contributed by atoms with Crippen LogP contribution in [0.1, 0.15) is 12.8 Å². The molecule has 0 aromatic heterocycles. The molecule has 1 aromatic rings. The summed E-state index contributed by atoms with van der Waals surface area (Å²) in [5.41, 5.74) is 0.807. The minimum atomic E-state index is -3.41. The third-order valence-electron chi connectivity index (χ3n) is 3.79. The molecule has 1 aliphatic heterocycles. The van der Waals surface area contributed by atoms with Crippen molar-refractivity contribution in [3.63, 3.8) is 0 Å². The van der Waals surface area contributed by atoms with Gasteiger partial charge in [-0.3, -0.25) is 0 Å². The van der Waals surface area contributed by atoms with E-state index in [1.165, 1.54) is 4.31 Å². The maximum Gasteiger partial charge on any atom is 0.244 e. The SMILES string of the molecule is CNC1CCCN(c2ccccc2S(=O)(=O)N(C)C)C1. The molecule has 0 bridgehead atoms. The molecule has 1 atom stereocenters. The fraction of sp³-hybridized carbons (Fsp3) is 0.571. The maximum absolute atomic E-state index is 12.4. The van der Waals surface area contributed by atoms with Gasteiger partial charge in [-0.05, 0) is 32.0 Å². The lowest BCUT2D eigenvalue weighted by Gasteiger charge is -2.35. The van der Waals surface area contributed by atoms with Gasteiger partial charge in [0.2, 0.25) is 10.0 Å². The minimum absolute atomic E-state index is 0.391. The molecule has 20 heavy (non-hydrogen) atoms. The van der Waals surface area contributed by atoms with Crippen LogP contribution in [0.4, 0.5) is 5.69 Å². The number of sulfonamides is 1. The summed E-state index contributed by atoms with van der Waals surface area (Å²) in [6.45, 7) is 1.74. The first-order valence-electron chi connectivity index (χ1n) is 6.90. The molecule has 1 aliphatic rings. The quantitative estimate of drug-likeness (QED) is 0.905. The topological polar surface area (TPSA) is 52.7 Å². The average molecular weight is 297 g/mol. The molecule has 0 radical (unpaired) electrons. The van der Waals surface area contributed by atoms with Crippen molar-refractivity contribution >= 4 is 15.7 Å². The molecule has 0 saturated carbocycles. The molecule has 1 fully saturated rings. The molecule has 0 aliphatic carbocycles. The van der Waals surface area contributed by atoms with Gasteiger partial charge in [0.15, 0.2) is 0 Å². The molecular weight excluding hydrogens is 274 g/mol. The van der Waals surface area contributed by atoms with Crippen molar-refractivity contribution in [2.24, 2.45) is 0 Å². The van der Waals surface area contributed by atoms with E-state index in [9.17, 15) is 8.42 Å². The van der Waals surface area contributed by atoms with Crippen molar-refractivity contribution < 1.29 is 8.42 Å². The molecule has 0 spiro atoms. The van der Waals surface area contributed by atoms with Crippen LogP contribution in [0.5, 0.6) is 0 Å². The predicted molar refractivity (Wildman–Crippen MR) is 81.6 cm³/mol. The van der Waals surface area contributed by atoms with Crippen LogP contribution >= 0.6 is 0 Å². The first kappa shape index (κ1) is 15.3. The number of piperidine rings is 1. The Kier molecular flexibility index (Phi) is 4.67. The average Bonchev–Trinajstić information content (AvgIpc) is 2.47. The van der Waals surface area contributed by atoms with E-state index in [2.05, 4.69) is 10.2 Å². The van der Waals surface area contributed by atoms with Crippen molar-refractivity contribution in [2.75, 3.05) is 39.1 Å². The van der Waals surface area contributed by atoms with Gasteiger partial charge < -0.3 is 10.2 Å². The molecule has 1 N–H and O–H groups in total. The highest BCUT2D eigenvalue weighted by Gasteiger charge is 2.26. The fourth-order valence-corrected chi connectivity index (χ4v) is 3.67. The molecule has 1 saturated heterocycles. The van der Waals surface area contributed by atoms with E-state index < -0.39 is 10.0 Å². The lowest BCUT2D eigenvalue weighted by molar-refractivity contribution is 0.447. The van der Waals surface area contributed by atoms with Crippen LogP contribution in [0.15, 0.2) is 29.2 Å². The lowest BCUT2D eigenvalue weighted by atomic mass is 10.1. The number of anilines is 1. The fourth-order valence-electron chi connectivity index (χ4n) is 2.56. The molecule has 5 nitrogen and oxygen atoms in total. The second-order valence-corrected chi connectivity index (χ2v) is 7.45. The second-order valence-electron chi connectivity index (χ2n) is 5.33. The number of benzene rings is 1. The molecule has 1 heterocycles. The Bertz CT molecular complexity index is 557. The van der Waals surface area contributed by atoms with Gasteiger partial charge in [0, 0.05) is 33.2 Å². The molecule has 1 unspecified atom stereocenters. The third kappa shape index (κ3) is 2.97. The van der Waals surface area contributed by atoms with E-state index in [0.29, 0.717) is 10.9 Å². The van der Waals surface area contributed by atoms with E-state index in [1.54, 1.807) is 26.2 Å². The van der Waals surface area contributed by atoms with Crippen LogP contribution in [0.25, 0.3) is 0 Å². The van der Waals surface area contributed by atoms with Crippen LogP contribution < -0.4 is 10.2 Å². The summed E-state index contributed by atoms with van der Waals surface area (Å²) in [5, 5.41) is 3.28. The molecule has 6 heteroatoms. The summed E-state index contributed by atoms with van der Waals surface area (Å²) in [6, 6.07) is 7.67. The maximum atomic E-state index is 12.4. The Hall–Kier alpha value is -1.11. The Balaban J connectivity index is 2.38. The van der Waals surface area contributed by atoms with Crippen LogP contribution in [0.2, 0.25) is 0 Å². The highest BCUT2D eigenvalue weighted by atomic mass is 32.2. The summed E-state index contributed by atoms with van der Waals surface area (Å²) >= 11 is 0. The van der Waals surface area contributed by atoms with Crippen LogP contribution in [0.3, 0.4) is 0 Å².